The second kappa shape index (κ2) is 8.50. The summed E-state index contributed by atoms with van der Waals surface area (Å²) in [5, 5.41) is 3.02. The summed E-state index contributed by atoms with van der Waals surface area (Å²) in [6.07, 6.45) is 4.98. The zero-order valence-corrected chi connectivity index (χ0v) is 16.3. The molecular formula is C19H29N3O3S. The molecule has 1 aromatic carbocycles. The number of hydrogen-bond acceptors (Lipinski definition) is 4. The maximum absolute atomic E-state index is 12.4. The van der Waals surface area contributed by atoms with Gasteiger partial charge in [-0.1, -0.05) is 24.3 Å². The Hall–Kier alpha value is -1.44. The van der Waals surface area contributed by atoms with Crippen LogP contribution in [-0.4, -0.2) is 56.0 Å². The number of benzene rings is 1. The SMILES string of the molecule is CS(=O)(=O)N1CCC(C(=O)NCc2cccc(CN3CCCC3)c2)CC1. The van der Waals surface area contributed by atoms with E-state index in [1.54, 1.807) is 0 Å². The van der Waals surface area contributed by atoms with Crippen molar-refractivity contribution in [2.75, 3.05) is 32.4 Å². The lowest BCUT2D eigenvalue weighted by molar-refractivity contribution is -0.126. The van der Waals surface area contributed by atoms with Crippen molar-refractivity contribution >= 4 is 15.9 Å². The Bertz CT molecular complexity index is 721. The molecule has 0 aliphatic carbocycles. The lowest BCUT2D eigenvalue weighted by atomic mass is 9.97. The lowest BCUT2D eigenvalue weighted by Gasteiger charge is -2.29. The number of nitrogens with one attached hydrogen (secondary N) is 1. The topological polar surface area (TPSA) is 69.7 Å². The predicted molar refractivity (Wildman–Crippen MR) is 102 cm³/mol. The zero-order chi connectivity index (χ0) is 18.6. The third-order valence-electron chi connectivity index (χ3n) is 5.36. The van der Waals surface area contributed by atoms with E-state index >= 15 is 0 Å². The van der Waals surface area contributed by atoms with Gasteiger partial charge in [0, 0.05) is 32.1 Å². The van der Waals surface area contributed by atoms with E-state index in [9.17, 15) is 13.2 Å². The highest BCUT2D eigenvalue weighted by Crippen LogP contribution is 2.19. The maximum atomic E-state index is 12.4. The fraction of sp³-hybridized carbons (Fsp3) is 0.632. The monoisotopic (exact) mass is 379 g/mol. The third kappa shape index (κ3) is 5.28. The molecule has 2 aliphatic rings. The van der Waals surface area contributed by atoms with Gasteiger partial charge >= 0.3 is 0 Å². The first-order valence-corrected chi connectivity index (χ1v) is 11.3. The Labute approximate surface area is 156 Å². The molecule has 0 bridgehead atoms. The Balaban J connectivity index is 1.47. The van der Waals surface area contributed by atoms with Crippen molar-refractivity contribution in [2.45, 2.75) is 38.8 Å². The standard InChI is InChI=1S/C19H29N3O3S/c1-26(24,25)22-11-7-18(8-12-22)19(23)20-14-16-5-4-6-17(13-16)15-21-9-2-3-10-21/h4-6,13,18H,2-3,7-12,14-15H2,1H3,(H,20,23). The number of likely N-dealkylation sites (tertiary alicyclic amines) is 1. The molecule has 0 atom stereocenters. The average Bonchev–Trinajstić information content (AvgIpc) is 3.12. The number of carbonyl (C=O) groups is 1. The van der Waals surface area contributed by atoms with Crippen molar-refractivity contribution in [1.82, 2.24) is 14.5 Å². The van der Waals surface area contributed by atoms with E-state index < -0.39 is 10.0 Å². The minimum absolute atomic E-state index is 0.0306. The van der Waals surface area contributed by atoms with Crippen LogP contribution in [0.5, 0.6) is 0 Å². The minimum Gasteiger partial charge on any atom is -0.352 e. The van der Waals surface area contributed by atoms with Crippen LogP contribution >= 0.6 is 0 Å². The zero-order valence-electron chi connectivity index (χ0n) is 15.5. The van der Waals surface area contributed by atoms with Crippen LogP contribution in [0.3, 0.4) is 0 Å². The van der Waals surface area contributed by atoms with Gasteiger partial charge in [-0.25, -0.2) is 12.7 Å². The van der Waals surface area contributed by atoms with Gasteiger partial charge in [-0.2, -0.15) is 0 Å². The quantitative estimate of drug-likeness (QED) is 0.815. The molecule has 0 saturated carbocycles. The van der Waals surface area contributed by atoms with Crippen LogP contribution < -0.4 is 5.32 Å². The highest BCUT2D eigenvalue weighted by atomic mass is 32.2. The number of rotatable bonds is 6. The van der Waals surface area contributed by atoms with Gasteiger partial charge in [-0.3, -0.25) is 9.69 Å². The molecule has 2 fully saturated rings. The number of sulfonamides is 1. The molecule has 0 spiro atoms. The second-order valence-electron chi connectivity index (χ2n) is 7.46. The van der Waals surface area contributed by atoms with Crippen molar-refractivity contribution in [2.24, 2.45) is 5.92 Å². The molecule has 1 amide bonds. The Morgan fingerprint density at radius 2 is 1.77 bits per heavy atom. The molecule has 2 saturated heterocycles. The van der Waals surface area contributed by atoms with Crippen LogP contribution in [0.4, 0.5) is 0 Å². The Kier molecular flexibility index (Phi) is 6.32. The van der Waals surface area contributed by atoms with Crippen molar-refractivity contribution in [3.63, 3.8) is 0 Å². The fourth-order valence-electron chi connectivity index (χ4n) is 3.82. The van der Waals surface area contributed by atoms with Gasteiger partial charge in [0.15, 0.2) is 0 Å². The molecule has 144 valence electrons. The van der Waals surface area contributed by atoms with Crippen molar-refractivity contribution in [3.05, 3.63) is 35.4 Å². The highest BCUT2D eigenvalue weighted by Gasteiger charge is 2.28. The van der Waals surface area contributed by atoms with Crippen LogP contribution in [-0.2, 0) is 27.9 Å². The fourth-order valence-corrected chi connectivity index (χ4v) is 4.69. The first-order chi connectivity index (χ1) is 12.4. The van der Waals surface area contributed by atoms with E-state index in [1.807, 2.05) is 6.07 Å². The number of nitrogens with zero attached hydrogens (tertiary/aromatic N) is 2. The van der Waals surface area contributed by atoms with Gasteiger partial charge < -0.3 is 5.32 Å². The Morgan fingerprint density at radius 1 is 1.12 bits per heavy atom. The van der Waals surface area contributed by atoms with Gasteiger partial charge in [0.05, 0.1) is 6.26 Å². The predicted octanol–water partition coefficient (Wildman–Crippen LogP) is 1.57. The van der Waals surface area contributed by atoms with Crippen LogP contribution in [0.1, 0.15) is 36.8 Å². The molecule has 0 aromatic heterocycles. The Morgan fingerprint density at radius 3 is 2.42 bits per heavy atom. The van der Waals surface area contributed by atoms with Gasteiger partial charge in [-0.15, -0.1) is 0 Å². The third-order valence-corrected chi connectivity index (χ3v) is 6.66. The van der Waals surface area contributed by atoms with E-state index in [0.717, 1.165) is 12.1 Å². The number of piperidine rings is 1. The molecule has 26 heavy (non-hydrogen) atoms. The van der Waals surface area contributed by atoms with Crippen LogP contribution in [0.2, 0.25) is 0 Å². The van der Waals surface area contributed by atoms with Crippen molar-refractivity contribution < 1.29 is 13.2 Å². The summed E-state index contributed by atoms with van der Waals surface area (Å²) in [5.74, 6) is -0.0659. The normalized spacial score (nSPS) is 20.3. The molecule has 0 radical (unpaired) electrons. The van der Waals surface area contributed by atoms with Gasteiger partial charge in [0.25, 0.3) is 0 Å². The summed E-state index contributed by atoms with van der Waals surface area (Å²) in [4.78, 5) is 14.9. The molecule has 1 N–H and O–H groups in total. The molecule has 7 heteroatoms. The molecular weight excluding hydrogens is 350 g/mol. The molecule has 0 unspecified atom stereocenters. The summed E-state index contributed by atoms with van der Waals surface area (Å²) in [6.45, 7) is 4.72. The van der Waals surface area contributed by atoms with Crippen LogP contribution in [0.25, 0.3) is 0 Å². The molecule has 2 heterocycles. The van der Waals surface area contributed by atoms with Crippen molar-refractivity contribution in [3.8, 4) is 0 Å². The van der Waals surface area contributed by atoms with Crippen LogP contribution in [0.15, 0.2) is 24.3 Å². The maximum Gasteiger partial charge on any atom is 0.223 e. The van der Waals surface area contributed by atoms with Crippen LogP contribution in [0, 0.1) is 5.92 Å². The minimum atomic E-state index is -3.15. The number of carbonyl (C=O) groups excluding carboxylic acids is 1. The van der Waals surface area contributed by atoms with Gasteiger partial charge in [-0.05, 0) is 49.9 Å². The van der Waals surface area contributed by atoms with E-state index in [-0.39, 0.29) is 11.8 Å². The summed E-state index contributed by atoms with van der Waals surface area (Å²) in [7, 11) is -3.15. The van der Waals surface area contributed by atoms with E-state index in [0.29, 0.717) is 32.5 Å². The molecule has 3 rings (SSSR count). The largest absolute Gasteiger partial charge is 0.352 e. The second-order valence-corrected chi connectivity index (χ2v) is 9.44. The lowest BCUT2D eigenvalue weighted by Crippen LogP contribution is -2.42. The summed E-state index contributed by atoms with van der Waals surface area (Å²) >= 11 is 0. The first kappa shape index (κ1) is 19.3. The van der Waals surface area contributed by atoms with Crippen molar-refractivity contribution in [1.29, 1.82) is 0 Å². The molecule has 2 aliphatic heterocycles. The van der Waals surface area contributed by atoms with Gasteiger partial charge in [0.2, 0.25) is 15.9 Å². The van der Waals surface area contributed by atoms with E-state index in [2.05, 4.69) is 28.4 Å². The smallest absolute Gasteiger partial charge is 0.223 e. The van der Waals surface area contributed by atoms with E-state index in [4.69, 9.17) is 0 Å². The highest BCUT2D eigenvalue weighted by molar-refractivity contribution is 7.88. The number of hydrogen-bond donors (Lipinski definition) is 1. The summed E-state index contributed by atoms with van der Waals surface area (Å²) in [5.41, 5.74) is 2.41. The molecule has 6 nitrogen and oxygen atoms in total. The average molecular weight is 380 g/mol. The van der Waals surface area contributed by atoms with Gasteiger partial charge in [0.1, 0.15) is 0 Å². The number of amides is 1. The summed E-state index contributed by atoms with van der Waals surface area (Å²) in [6, 6.07) is 8.41. The van der Waals surface area contributed by atoms with E-state index in [1.165, 1.54) is 42.1 Å². The summed E-state index contributed by atoms with van der Waals surface area (Å²) < 4.78 is 24.6. The molecule has 1 aromatic rings. The first-order valence-electron chi connectivity index (χ1n) is 9.45.